The Bertz CT molecular complexity index is 583. The quantitative estimate of drug-likeness (QED) is 0.578. The predicted molar refractivity (Wildman–Crippen MR) is 81.9 cm³/mol. The van der Waals surface area contributed by atoms with Gasteiger partial charge in [0.15, 0.2) is 12.1 Å². The number of alkyl halides is 3. The van der Waals surface area contributed by atoms with Gasteiger partial charge in [0.2, 0.25) is 0 Å². The number of hydrogen-bond donors (Lipinski definition) is 1. The maximum absolute atomic E-state index is 12.4. The molecule has 134 valence electrons. The molecular weight excluding hydrogens is 327 g/mol. The van der Waals surface area contributed by atoms with Gasteiger partial charge in [0, 0.05) is 26.2 Å². The van der Waals surface area contributed by atoms with Gasteiger partial charge in [0.1, 0.15) is 0 Å². The second kappa shape index (κ2) is 8.79. The van der Waals surface area contributed by atoms with Crippen molar-refractivity contribution < 1.29 is 32.2 Å². The molecule has 1 rings (SSSR count). The molecule has 1 aromatic carbocycles. The maximum atomic E-state index is 12.4. The largest absolute Gasteiger partial charge is 0.471 e. The predicted octanol–water partition coefficient (Wildman–Crippen LogP) is 3.47. The Morgan fingerprint density at radius 1 is 1.21 bits per heavy atom. The van der Waals surface area contributed by atoms with E-state index in [1.165, 1.54) is 33.3 Å². The third-order valence-corrected chi connectivity index (χ3v) is 3.44. The van der Waals surface area contributed by atoms with E-state index in [0.717, 1.165) is 0 Å². The molecule has 8 heteroatoms. The zero-order chi connectivity index (χ0) is 18.3. The van der Waals surface area contributed by atoms with Crippen molar-refractivity contribution in [3.63, 3.8) is 0 Å². The second-order valence-corrected chi connectivity index (χ2v) is 5.17. The summed E-state index contributed by atoms with van der Waals surface area (Å²) in [5.41, 5.74) is 0.323. The molecule has 0 saturated heterocycles. The lowest BCUT2D eigenvalue weighted by molar-refractivity contribution is -0.167. The Balaban J connectivity index is 2.86. The van der Waals surface area contributed by atoms with Crippen molar-refractivity contribution in [1.82, 2.24) is 0 Å². The van der Waals surface area contributed by atoms with Gasteiger partial charge in [-0.15, -0.1) is 0 Å². The molecule has 0 aliphatic rings. The number of benzene rings is 1. The SMILES string of the molecule is COC(CCCC(=O)c1cccc(C)c1NC(=O)C(F)(F)F)OC. The number of carbonyl (C=O) groups excluding carboxylic acids is 2. The summed E-state index contributed by atoms with van der Waals surface area (Å²) in [6.07, 6.45) is -4.46. The summed E-state index contributed by atoms with van der Waals surface area (Å²) in [5.74, 6) is -2.47. The Kier molecular flexibility index (Phi) is 7.37. The third-order valence-electron chi connectivity index (χ3n) is 3.44. The monoisotopic (exact) mass is 347 g/mol. The smallest absolute Gasteiger partial charge is 0.356 e. The fraction of sp³-hybridized carbons (Fsp3) is 0.500. The van der Waals surface area contributed by atoms with Gasteiger partial charge in [-0.3, -0.25) is 9.59 Å². The van der Waals surface area contributed by atoms with Crippen molar-refractivity contribution >= 4 is 17.4 Å². The molecule has 0 radical (unpaired) electrons. The van der Waals surface area contributed by atoms with Gasteiger partial charge in [-0.1, -0.05) is 12.1 Å². The molecule has 0 aromatic heterocycles. The summed E-state index contributed by atoms with van der Waals surface area (Å²) >= 11 is 0. The summed E-state index contributed by atoms with van der Waals surface area (Å²) in [6.45, 7) is 1.52. The van der Waals surface area contributed by atoms with E-state index >= 15 is 0 Å². The van der Waals surface area contributed by atoms with Crippen molar-refractivity contribution in [3.8, 4) is 0 Å². The summed E-state index contributed by atoms with van der Waals surface area (Å²) in [6, 6.07) is 4.47. The van der Waals surface area contributed by atoms with Crippen molar-refractivity contribution in [2.45, 2.75) is 38.7 Å². The molecular formula is C16H20F3NO4. The molecule has 0 spiro atoms. The second-order valence-electron chi connectivity index (χ2n) is 5.17. The first-order chi connectivity index (χ1) is 11.2. The van der Waals surface area contributed by atoms with Crippen molar-refractivity contribution in [2.75, 3.05) is 19.5 Å². The number of ether oxygens (including phenoxy) is 2. The fourth-order valence-electron chi connectivity index (χ4n) is 2.15. The van der Waals surface area contributed by atoms with E-state index < -0.39 is 18.4 Å². The number of halogens is 3. The molecule has 1 aromatic rings. The van der Waals surface area contributed by atoms with Crippen LogP contribution < -0.4 is 5.32 Å². The number of anilines is 1. The highest BCUT2D eigenvalue weighted by molar-refractivity contribution is 6.06. The van der Waals surface area contributed by atoms with Crippen molar-refractivity contribution in [2.24, 2.45) is 0 Å². The molecule has 0 atom stereocenters. The minimum absolute atomic E-state index is 0.0546. The zero-order valence-corrected chi connectivity index (χ0v) is 13.7. The molecule has 0 aliphatic carbocycles. The highest BCUT2D eigenvalue weighted by atomic mass is 19.4. The number of hydrogen-bond acceptors (Lipinski definition) is 4. The van der Waals surface area contributed by atoms with Gasteiger partial charge >= 0.3 is 12.1 Å². The van der Waals surface area contributed by atoms with Gasteiger partial charge in [-0.2, -0.15) is 13.2 Å². The molecule has 1 amide bonds. The van der Waals surface area contributed by atoms with E-state index in [1.54, 1.807) is 11.4 Å². The van der Waals surface area contributed by atoms with Crippen LogP contribution in [0.2, 0.25) is 0 Å². The van der Waals surface area contributed by atoms with E-state index in [2.05, 4.69) is 0 Å². The molecule has 0 saturated carbocycles. The van der Waals surface area contributed by atoms with E-state index in [1.807, 2.05) is 0 Å². The molecule has 1 N–H and O–H groups in total. The van der Waals surface area contributed by atoms with E-state index in [4.69, 9.17) is 9.47 Å². The number of para-hydroxylation sites is 1. The number of nitrogens with one attached hydrogen (secondary N) is 1. The zero-order valence-electron chi connectivity index (χ0n) is 13.7. The summed E-state index contributed by atoms with van der Waals surface area (Å²) in [7, 11) is 2.95. The van der Waals surface area contributed by atoms with Crippen LogP contribution in [0.4, 0.5) is 18.9 Å². The first-order valence-electron chi connectivity index (χ1n) is 7.27. The maximum Gasteiger partial charge on any atom is 0.471 e. The van der Waals surface area contributed by atoms with Crippen LogP contribution in [-0.4, -0.2) is 38.4 Å². The number of carbonyl (C=O) groups is 2. The third kappa shape index (κ3) is 5.61. The van der Waals surface area contributed by atoms with E-state index in [0.29, 0.717) is 18.4 Å². The standard InChI is InChI=1S/C16H20F3NO4/c1-10-6-4-7-11(14(10)20-15(22)16(17,18)19)12(21)8-5-9-13(23-2)24-3/h4,6-7,13H,5,8-9H2,1-3H3,(H,20,22). The molecule has 24 heavy (non-hydrogen) atoms. The molecule has 0 fully saturated rings. The van der Waals surface area contributed by atoms with Gasteiger partial charge in [-0.05, 0) is 31.4 Å². The fourth-order valence-corrected chi connectivity index (χ4v) is 2.15. The number of amides is 1. The Labute approximate surface area is 138 Å². The Hall–Kier alpha value is -1.93. The van der Waals surface area contributed by atoms with Crippen molar-refractivity contribution in [3.05, 3.63) is 29.3 Å². The van der Waals surface area contributed by atoms with Crippen LogP contribution in [0.3, 0.4) is 0 Å². The lowest BCUT2D eigenvalue weighted by atomic mass is 10.0. The van der Waals surface area contributed by atoms with Crippen molar-refractivity contribution in [1.29, 1.82) is 0 Å². The van der Waals surface area contributed by atoms with Crippen LogP contribution in [0.5, 0.6) is 0 Å². The number of rotatable bonds is 8. The van der Waals surface area contributed by atoms with Crippen LogP contribution in [-0.2, 0) is 14.3 Å². The summed E-state index contributed by atoms with van der Waals surface area (Å²) < 4.78 is 47.3. The Morgan fingerprint density at radius 3 is 2.38 bits per heavy atom. The van der Waals surface area contributed by atoms with Gasteiger partial charge < -0.3 is 14.8 Å². The van der Waals surface area contributed by atoms with Gasteiger partial charge in [-0.25, -0.2) is 0 Å². The minimum atomic E-state index is -5.02. The van der Waals surface area contributed by atoms with E-state index in [9.17, 15) is 22.8 Å². The van der Waals surface area contributed by atoms with Crippen LogP contribution in [0.25, 0.3) is 0 Å². The lowest BCUT2D eigenvalue weighted by Crippen LogP contribution is -2.31. The number of ketones is 1. The van der Waals surface area contributed by atoms with E-state index in [-0.39, 0.29) is 23.5 Å². The Morgan fingerprint density at radius 2 is 1.83 bits per heavy atom. The normalized spacial score (nSPS) is 11.6. The highest BCUT2D eigenvalue weighted by Gasteiger charge is 2.39. The lowest BCUT2D eigenvalue weighted by Gasteiger charge is -2.15. The van der Waals surface area contributed by atoms with Crippen LogP contribution in [0.15, 0.2) is 18.2 Å². The van der Waals surface area contributed by atoms with Crippen LogP contribution in [0.1, 0.15) is 35.2 Å². The number of methoxy groups -OCH3 is 2. The molecule has 5 nitrogen and oxygen atoms in total. The molecule has 0 bridgehead atoms. The average Bonchev–Trinajstić information content (AvgIpc) is 2.52. The summed E-state index contributed by atoms with van der Waals surface area (Å²) in [5, 5.41) is 1.79. The van der Waals surface area contributed by atoms with Gasteiger partial charge in [0.05, 0.1) is 5.69 Å². The molecule has 0 aliphatic heterocycles. The first-order valence-corrected chi connectivity index (χ1v) is 7.27. The minimum Gasteiger partial charge on any atom is -0.356 e. The van der Waals surface area contributed by atoms with Crippen LogP contribution >= 0.6 is 0 Å². The average molecular weight is 347 g/mol. The molecule has 0 unspecified atom stereocenters. The molecule has 0 heterocycles. The van der Waals surface area contributed by atoms with Crippen LogP contribution in [0, 0.1) is 6.92 Å². The first kappa shape index (κ1) is 20.1. The van der Waals surface area contributed by atoms with Gasteiger partial charge in [0.25, 0.3) is 0 Å². The highest BCUT2D eigenvalue weighted by Crippen LogP contribution is 2.26. The summed E-state index contributed by atoms with van der Waals surface area (Å²) in [4.78, 5) is 23.5. The number of aryl methyl sites for hydroxylation is 1. The topological polar surface area (TPSA) is 64.6 Å². The number of Topliss-reactive ketones (excluding diaryl/α,β-unsaturated/α-hetero) is 1.